The van der Waals surface area contributed by atoms with Crippen LogP contribution in [0, 0.1) is 19.7 Å². The molecule has 0 radical (unpaired) electrons. The lowest BCUT2D eigenvalue weighted by atomic mass is 10.0. The van der Waals surface area contributed by atoms with Gasteiger partial charge in [-0.05, 0) is 62.2 Å². The minimum atomic E-state index is -0.388. The molecule has 9 heteroatoms. The second kappa shape index (κ2) is 9.30. The molecule has 0 bridgehead atoms. The number of nitrogens with zero attached hydrogens (tertiary/aromatic N) is 3. The maximum Gasteiger partial charge on any atom is 0.255 e. The van der Waals surface area contributed by atoms with Gasteiger partial charge in [0.15, 0.2) is 0 Å². The van der Waals surface area contributed by atoms with E-state index in [-0.39, 0.29) is 30.1 Å². The van der Waals surface area contributed by atoms with Crippen LogP contribution in [0.2, 0.25) is 5.02 Å². The van der Waals surface area contributed by atoms with Gasteiger partial charge in [0.2, 0.25) is 5.91 Å². The molecule has 7 nitrogen and oxygen atoms in total. The van der Waals surface area contributed by atoms with Crippen LogP contribution < -0.4 is 15.6 Å². The number of rotatable bonds is 6. The number of amides is 1. The van der Waals surface area contributed by atoms with Gasteiger partial charge in [0.05, 0.1) is 23.5 Å². The number of anilines is 1. The number of methoxy groups -OCH3 is 1. The van der Waals surface area contributed by atoms with Crippen molar-refractivity contribution in [3.05, 3.63) is 80.5 Å². The molecule has 0 aliphatic carbocycles. The summed E-state index contributed by atoms with van der Waals surface area (Å²) >= 11 is 6.12. The number of hydrogen-bond donors (Lipinski definition) is 1. The summed E-state index contributed by atoms with van der Waals surface area (Å²) in [4.78, 5) is 25.8. The number of fused-ring (bicyclic) bond motifs is 1. The van der Waals surface area contributed by atoms with E-state index in [0.29, 0.717) is 39.1 Å². The number of hydrogen-bond acceptors (Lipinski definition) is 4. The highest BCUT2D eigenvalue weighted by Crippen LogP contribution is 2.28. The molecule has 2 aromatic carbocycles. The molecule has 4 rings (SSSR count). The number of halogens is 2. The zero-order valence-corrected chi connectivity index (χ0v) is 20.0. The summed E-state index contributed by atoms with van der Waals surface area (Å²) in [5, 5.41) is 8.56. The highest BCUT2D eigenvalue weighted by atomic mass is 35.5. The molecular weight excluding hydrogens is 459 g/mol. The number of carbonyl (C=O) groups is 1. The summed E-state index contributed by atoms with van der Waals surface area (Å²) in [6.45, 7) is 3.70. The van der Waals surface area contributed by atoms with E-state index < -0.39 is 0 Å². The molecule has 0 saturated carbocycles. The molecule has 0 fully saturated rings. The van der Waals surface area contributed by atoms with Crippen LogP contribution in [0.1, 0.15) is 23.2 Å². The Morgan fingerprint density at radius 3 is 2.65 bits per heavy atom. The summed E-state index contributed by atoms with van der Waals surface area (Å²) in [5.74, 6) is -0.113. The predicted molar refractivity (Wildman–Crippen MR) is 131 cm³/mol. The number of ether oxygens (including phenoxy) is 1. The van der Waals surface area contributed by atoms with E-state index in [9.17, 15) is 14.0 Å². The minimum Gasteiger partial charge on any atom is -0.495 e. The first-order valence-electron chi connectivity index (χ1n) is 10.7. The lowest BCUT2D eigenvalue weighted by molar-refractivity contribution is -0.116. The number of benzene rings is 2. The van der Waals surface area contributed by atoms with Crippen molar-refractivity contribution in [2.75, 3.05) is 12.4 Å². The molecule has 0 atom stereocenters. The van der Waals surface area contributed by atoms with Crippen molar-refractivity contribution in [1.29, 1.82) is 0 Å². The van der Waals surface area contributed by atoms with Crippen LogP contribution in [0.15, 0.2) is 47.3 Å². The number of nitrogens with one attached hydrogen (secondary N) is 1. The molecule has 2 heterocycles. The zero-order chi connectivity index (χ0) is 24.6. The maximum absolute atomic E-state index is 13.8. The third-order valence-electron chi connectivity index (χ3n) is 5.83. The van der Waals surface area contributed by atoms with Gasteiger partial charge in [0.1, 0.15) is 17.2 Å². The number of pyridine rings is 1. The molecule has 1 N–H and O–H groups in total. The van der Waals surface area contributed by atoms with Crippen LogP contribution in [0.25, 0.3) is 16.7 Å². The van der Waals surface area contributed by atoms with E-state index in [2.05, 4.69) is 10.4 Å². The van der Waals surface area contributed by atoms with Crippen LogP contribution in [-0.2, 0) is 18.3 Å². The lowest BCUT2D eigenvalue weighted by Crippen LogP contribution is -2.25. The average Bonchev–Trinajstić information content (AvgIpc) is 3.15. The zero-order valence-electron chi connectivity index (χ0n) is 19.3. The van der Waals surface area contributed by atoms with Gasteiger partial charge >= 0.3 is 0 Å². The normalized spacial score (nSPS) is 11.1. The van der Waals surface area contributed by atoms with Gasteiger partial charge in [-0.2, -0.15) is 5.10 Å². The molecule has 176 valence electrons. The Kier molecular flexibility index (Phi) is 6.43. The fourth-order valence-electron chi connectivity index (χ4n) is 4.16. The van der Waals surface area contributed by atoms with Crippen LogP contribution in [0.3, 0.4) is 0 Å². The van der Waals surface area contributed by atoms with E-state index >= 15 is 0 Å². The van der Waals surface area contributed by atoms with E-state index in [1.165, 1.54) is 23.8 Å². The summed E-state index contributed by atoms with van der Waals surface area (Å²) in [5.41, 5.74) is 3.44. The number of aryl methyl sites for hydroxylation is 3. The van der Waals surface area contributed by atoms with Crippen molar-refractivity contribution in [3.63, 3.8) is 0 Å². The van der Waals surface area contributed by atoms with Gasteiger partial charge in [-0.3, -0.25) is 14.2 Å². The molecule has 0 aliphatic heterocycles. The van der Waals surface area contributed by atoms with Crippen molar-refractivity contribution >= 4 is 34.2 Å². The van der Waals surface area contributed by atoms with Crippen LogP contribution in [0.5, 0.6) is 5.75 Å². The van der Waals surface area contributed by atoms with E-state index in [4.69, 9.17) is 16.3 Å². The quantitative estimate of drug-likeness (QED) is 0.431. The van der Waals surface area contributed by atoms with Gasteiger partial charge < -0.3 is 10.1 Å². The first kappa shape index (κ1) is 23.5. The molecule has 0 aliphatic rings. The Bertz CT molecular complexity index is 1480. The molecule has 4 aromatic rings. The fraction of sp³-hybridized carbons (Fsp3) is 0.240. The predicted octanol–water partition coefficient (Wildman–Crippen LogP) is 4.71. The number of carbonyl (C=O) groups excluding carboxylic acids is 1. The minimum absolute atomic E-state index is 0.113. The van der Waals surface area contributed by atoms with Crippen molar-refractivity contribution in [2.24, 2.45) is 7.05 Å². The van der Waals surface area contributed by atoms with Gasteiger partial charge in [-0.15, -0.1) is 0 Å². The van der Waals surface area contributed by atoms with Gasteiger partial charge in [0.25, 0.3) is 5.56 Å². The molecule has 0 spiro atoms. The van der Waals surface area contributed by atoms with E-state index in [1.807, 2.05) is 13.8 Å². The van der Waals surface area contributed by atoms with Crippen LogP contribution >= 0.6 is 11.6 Å². The molecule has 0 unspecified atom stereocenters. The highest BCUT2D eigenvalue weighted by molar-refractivity contribution is 6.32. The first-order chi connectivity index (χ1) is 16.2. The third kappa shape index (κ3) is 4.28. The van der Waals surface area contributed by atoms with Crippen LogP contribution in [0.4, 0.5) is 10.1 Å². The van der Waals surface area contributed by atoms with Gasteiger partial charge in [-0.1, -0.05) is 17.7 Å². The highest BCUT2D eigenvalue weighted by Gasteiger charge is 2.20. The summed E-state index contributed by atoms with van der Waals surface area (Å²) < 4.78 is 22.0. The van der Waals surface area contributed by atoms with Crippen molar-refractivity contribution in [1.82, 2.24) is 14.3 Å². The molecule has 1 amide bonds. The van der Waals surface area contributed by atoms with Crippen molar-refractivity contribution < 1.29 is 13.9 Å². The summed E-state index contributed by atoms with van der Waals surface area (Å²) in [7, 11) is 3.17. The Balaban J connectivity index is 1.64. The fourth-order valence-corrected chi connectivity index (χ4v) is 4.42. The standard InChI is InChI=1S/C25H24ClFN4O3/c1-14-19(9-11-22(32)28-17-8-10-21(34-4)20(26)13-17)25(33)30(3)24-23(14)15(2)29-31(24)18-7-5-6-16(27)12-18/h5-8,10,12-13H,9,11H2,1-4H3,(H,28,32). The monoisotopic (exact) mass is 482 g/mol. The molecule has 0 saturated heterocycles. The second-order valence-electron chi connectivity index (χ2n) is 8.04. The summed E-state index contributed by atoms with van der Waals surface area (Å²) in [6.07, 6.45) is 0.372. The maximum atomic E-state index is 13.8. The lowest BCUT2D eigenvalue weighted by Gasteiger charge is -2.13. The Labute approximate surface area is 200 Å². The van der Waals surface area contributed by atoms with E-state index in [1.54, 1.807) is 42.1 Å². The Morgan fingerprint density at radius 2 is 1.97 bits per heavy atom. The van der Waals surface area contributed by atoms with Crippen molar-refractivity contribution in [3.8, 4) is 11.4 Å². The number of aromatic nitrogens is 3. The molecular formula is C25H24ClFN4O3. The average molecular weight is 483 g/mol. The first-order valence-corrected chi connectivity index (χ1v) is 11.1. The van der Waals surface area contributed by atoms with Gasteiger partial charge in [-0.25, -0.2) is 9.07 Å². The summed E-state index contributed by atoms with van der Waals surface area (Å²) in [6, 6.07) is 11.0. The van der Waals surface area contributed by atoms with E-state index in [0.717, 1.165) is 10.9 Å². The SMILES string of the molecule is COc1ccc(NC(=O)CCc2c(C)c3c(C)nn(-c4cccc(F)c4)c3n(C)c2=O)cc1Cl. The second-order valence-corrected chi connectivity index (χ2v) is 8.45. The smallest absolute Gasteiger partial charge is 0.255 e. The van der Waals surface area contributed by atoms with Crippen molar-refractivity contribution in [2.45, 2.75) is 26.7 Å². The largest absolute Gasteiger partial charge is 0.495 e. The molecule has 2 aromatic heterocycles. The topological polar surface area (TPSA) is 78.2 Å². The molecule has 34 heavy (non-hydrogen) atoms. The van der Waals surface area contributed by atoms with Crippen LogP contribution in [-0.4, -0.2) is 27.4 Å². The third-order valence-corrected chi connectivity index (χ3v) is 6.13. The van der Waals surface area contributed by atoms with Gasteiger partial charge in [0, 0.05) is 30.1 Å². The Hall–Kier alpha value is -3.65. The Morgan fingerprint density at radius 1 is 1.21 bits per heavy atom.